The van der Waals surface area contributed by atoms with Gasteiger partial charge in [0.05, 0.1) is 24.7 Å². The zero-order valence-electron chi connectivity index (χ0n) is 12.5. The van der Waals surface area contributed by atoms with Crippen LogP contribution in [0.25, 0.3) is 10.8 Å². The summed E-state index contributed by atoms with van der Waals surface area (Å²) in [6, 6.07) is 13.7. The fourth-order valence-corrected chi connectivity index (χ4v) is 2.50. The number of ether oxygens (including phenoxy) is 1. The maximum Gasteiger partial charge on any atom is 0.310 e. The molecular formula is C17H18N2O2. The van der Waals surface area contributed by atoms with Crippen LogP contribution in [0.1, 0.15) is 12.5 Å². The van der Waals surface area contributed by atoms with E-state index in [1.807, 2.05) is 55.3 Å². The third-order valence-electron chi connectivity index (χ3n) is 3.58. The van der Waals surface area contributed by atoms with Gasteiger partial charge in [-0.3, -0.25) is 4.79 Å². The normalized spacial score (nSPS) is 11.7. The van der Waals surface area contributed by atoms with Gasteiger partial charge in [-0.1, -0.05) is 31.2 Å². The van der Waals surface area contributed by atoms with Gasteiger partial charge in [0, 0.05) is 30.1 Å². The lowest BCUT2D eigenvalue weighted by atomic mass is 10.0. The number of nitrogens with zero attached hydrogens (tertiary/aromatic N) is 2. The second-order valence-corrected chi connectivity index (χ2v) is 5.09. The highest BCUT2D eigenvalue weighted by Crippen LogP contribution is 2.29. The number of nitriles is 1. The third kappa shape index (κ3) is 2.97. The van der Waals surface area contributed by atoms with E-state index in [9.17, 15) is 10.1 Å². The molecule has 2 rings (SSSR count). The van der Waals surface area contributed by atoms with Crippen LogP contribution in [0.15, 0.2) is 36.4 Å². The molecule has 4 nitrogen and oxygen atoms in total. The monoisotopic (exact) mass is 282 g/mol. The lowest BCUT2D eigenvalue weighted by Gasteiger charge is -2.24. The van der Waals surface area contributed by atoms with Crippen molar-refractivity contribution in [3.05, 3.63) is 42.0 Å². The van der Waals surface area contributed by atoms with Crippen LogP contribution in [-0.2, 0) is 9.53 Å². The molecule has 0 heterocycles. The summed E-state index contributed by atoms with van der Waals surface area (Å²) in [5.41, 5.74) is 1.66. The van der Waals surface area contributed by atoms with Gasteiger partial charge in [-0.2, -0.15) is 5.26 Å². The van der Waals surface area contributed by atoms with Crippen LogP contribution in [0, 0.1) is 17.2 Å². The highest BCUT2D eigenvalue weighted by molar-refractivity contribution is 5.97. The lowest BCUT2D eigenvalue weighted by molar-refractivity contribution is -0.144. The van der Waals surface area contributed by atoms with E-state index in [2.05, 4.69) is 6.07 Å². The number of hydrogen-bond donors (Lipinski definition) is 0. The molecule has 0 aliphatic carbocycles. The molecule has 0 amide bonds. The minimum absolute atomic E-state index is 0.214. The molecule has 2 aromatic rings. The van der Waals surface area contributed by atoms with Crippen molar-refractivity contribution >= 4 is 22.4 Å². The van der Waals surface area contributed by atoms with Crippen molar-refractivity contribution in [2.75, 3.05) is 25.6 Å². The Kier molecular flexibility index (Phi) is 4.44. The van der Waals surface area contributed by atoms with Crippen LogP contribution in [0.3, 0.4) is 0 Å². The number of methoxy groups -OCH3 is 1. The van der Waals surface area contributed by atoms with Crippen LogP contribution in [0.5, 0.6) is 0 Å². The van der Waals surface area contributed by atoms with Crippen LogP contribution in [0.4, 0.5) is 5.69 Å². The number of carbonyl (C=O) groups excluding carboxylic acids is 1. The predicted octanol–water partition coefficient (Wildman–Crippen LogP) is 2.96. The summed E-state index contributed by atoms with van der Waals surface area (Å²) in [5, 5.41) is 11.1. The molecule has 0 saturated carbocycles. The van der Waals surface area contributed by atoms with E-state index >= 15 is 0 Å². The predicted molar refractivity (Wildman–Crippen MR) is 83.1 cm³/mol. The van der Waals surface area contributed by atoms with Crippen molar-refractivity contribution in [1.29, 1.82) is 5.26 Å². The minimum atomic E-state index is -0.222. The maximum atomic E-state index is 11.6. The molecule has 4 heteroatoms. The smallest absolute Gasteiger partial charge is 0.310 e. The number of hydrogen-bond acceptors (Lipinski definition) is 4. The van der Waals surface area contributed by atoms with E-state index in [0.29, 0.717) is 12.1 Å². The summed E-state index contributed by atoms with van der Waals surface area (Å²) < 4.78 is 4.76. The number of rotatable bonds is 4. The molecule has 0 bridgehead atoms. The third-order valence-corrected chi connectivity index (χ3v) is 3.58. The molecule has 0 aliphatic heterocycles. The highest BCUT2D eigenvalue weighted by atomic mass is 16.5. The van der Waals surface area contributed by atoms with Crippen LogP contribution >= 0.6 is 0 Å². The molecule has 1 atom stereocenters. The van der Waals surface area contributed by atoms with E-state index in [0.717, 1.165) is 16.5 Å². The Hall–Kier alpha value is -2.54. The van der Waals surface area contributed by atoms with Gasteiger partial charge in [0.25, 0.3) is 0 Å². The molecule has 0 aromatic heterocycles. The Morgan fingerprint density at radius 1 is 1.29 bits per heavy atom. The van der Waals surface area contributed by atoms with Crippen molar-refractivity contribution in [1.82, 2.24) is 0 Å². The Bertz CT molecular complexity index is 703. The van der Waals surface area contributed by atoms with Crippen molar-refractivity contribution in [3.8, 4) is 6.07 Å². The van der Waals surface area contributed by atoms with Gasteiger partial charge < -0.3 is 9.64 Å². The SMILES string of the molecule is COC(=O)C(C)CN(C)c1ccc(C#N)c2ccccc12. The zero-order valence-corrected chi connectivity index (χ0v) is 12.5. The van der Waals surface area contributed by atoms with Crippen LogP contribution < -0.4 is 4.90 Å². The summed E-state index contributed by atoms with van der Waals surface area (Å²) in [7, 11) is 3.34. The van der Waals surface area contributed by atoms with Crippen molar-refractivity contribution in [3.63, 3.8) is 0 Å². The quantitative estimate of drug-likeness (QED) is 0.809. The Morgan fingerprint density at radius 2 is 1.95 bits per heavy atom. The molecule has 2 aromatic carbocycles. The number of benzene rings is 2. The zero-order chi connectivity index (χ0) is 15.4. The van der Waals surface area contributed by atoms with Gasteiger partial charge in [-0.15, -0.1) is 0 Å². The molecular weight excluding hydrogens is 264 g/mol. The van der Waals surface area contributed by atoms with E-state index < -0.39 is 0 Å². The van der Waals surface area contributed by atoms with E-state index in [4.69, 9.17) is 4.74 Å². The van der Waals surface area contributed by atoms with Crippen molar-refractivity contribution in [2.24, 2.45) is 5.92 Å². The fourth-order valence-electron chi connectivity index (χ4n) is 2.50. The first-order chi connectivity index (χ1) is 10.1. The second kappa shape index (κ2) is 6.27. The first-order valence-electron chi connectivity index (χ1n) is 6.79. The summed E-state index contributed by atoms with van der Waals surface area (Å²) in [6.45, 7) is 2.40. The molecule has 1 unspecified atom stereocenters. The Balaban J connectivity index is 2.39. The molecule has 0 spiro atoms. The topological polar surface area (TPSA) is 53.3 Å². The average molecular weight is 282 g/mol. The van der Waals surface area contributed by atoms with Crippen LogP contribution in [0.2, 0.25) is 0 Å². The van der Waals surface area contributed by atoms with E-state index in [-0.39, 0.29) is 11.9 Å². The standard InChI is InChI=1S/C17H18N2O2/c1-12(17(20)21-3)11-19(2)16-9-8-13(10-18)14-6-4-5-7-15(14)16/h4-9,12H,11H2,1-3H3. The van der Waals surface area contributed by atoms with Gasteiger partial charge in [0.15, 0.2) is 0 Å². The number of anilines is 1. The largest absolute Gasteiger partial charge is 0.469 e. The molecule has 21 heavy (non-hydrogen) atoms. The first-order valence-corrected chi connectivity index (χ1v) is 6.79. The molecule has 0 fully saturated rings. The van der Waals surface area contributed by atoms with Crippen molar-refractivity contribution in [2.45, 2.75) is 6.92 Å². The molecule has 0 saturated heterocycles. The lowest BCUT2D eigenvalue weighted by Crippen LogP contribution is -2.29. The minimum Gasteiger partial charge on any atom is -0.469 e. The molecule has 0 aliphatic rings. The van der Waals surface area contributed by atoms with E-state index in [1.165, 1.54) is 7.11 Å². The molecule has 108 valence electrons. The maximum absolute atomic E-state index is 11.6. The van der Waals surface area contributed by atoms with Gasteiger partial charge in [0.2, 0.25) is 0 Å². The molecule has 0 radical (unpaired) electrons. The Labute approximate surface area is 124 Å². The number of carbonyl (C=O) groups is 1. The summed E-state index contributed by atoms with van der Waals surface area (Å²) in [5.74, 6) is -0.436. The Morgan fingerprint density at radius 3 is 2.57 bits per heavy atom. The van der Waals surface area contributed by atoms with E-state index in [1.54, 1.807) is 0 Å². The van der Waals surface area contributed by atoms with Gasteiger partial charge in [-0.25, -0.2) is 0 Å². The summed E-state index contributed by atoms with van der Waals surface area (Å²) in [4.78, 5) is 13.6. The fraction of sp³-hybridized carbons (Fsp3) is 0.294. The highest BCUT2D eigenvalue weighted by Gasteiger charge is 2.17. The van der Waals surface area contributed by atoms with Gasteiger partial charge in [0.1, 0.15) is 0 Å². The average Bonchev–Trinajstić information content (AvgIpc) is 2.52. The number of fused-ring (bicyclic) bond motifs is 1. The first kappa shape index (κ1) is 14.9. The van der Waals surface area contributed by atoms with Crippen LogP contribution in [-0.4, -0.2) is 26.7 Å². The van der Waals surface area contributed by atoms with Gasteiger partial charge in [-0.05, 0) is 12.1 Å². The summed E-state index contributed by atoms with van der Waals surface area (Å²) >= 11 is 0. The molecule has 0 N–H and O–H groups in total. The van der Waals surface area contributed by atoms with Gasteiger partial charge >= 0.3 is 5.97 Å². The second-order valence-electron chi connectivity index (χ2n) is 5.09. The summed E-state index contributed by atoms with van der Waals surface area (Å²) in [6.07, 6.45) is 0. The number of esters is 1. The van der Waals surface area contributed by atoms with Crippen molar-refractivity contribution < 1.29 is 9.53 Å².